The quantitative estimate of drug-likeness (QED) is 0.780. The van der Waals surface area contributed by atoms with Gasteiger partial charge in [0.2, 0.25) is 0 Å². The van der Waals surface area contributed by atoms with Crippen molar-refractivity contribution in [3.63, 3.8) is 0 Å². The first-order chi connectivity index (χ1) is 8.02. The average Bonchev–Trinajstić information content (AvgIpc) is 2.58. The molecule has 0 radical (unpaired) electrons. The number of hydrogen-bond acceptors (Lipinski definition) is 3. The molecular weight excluding hydrogens is 212 g/mol. The van der Waals surface area contributed by atoms with Crippen LogP contribution in [-0.4, -0.2) is 40.9 Å². The smallest absolute Gasteiger partial charge is 0.0666 e. The summed E-state index contributed by atoms with van der Waals surface area (Å²) in [7, 11) is 4.15. The first kappa shape index (κ1) is 14.2. The Morgan fingerprint density at radius 3 is 2.76 bits per heavy atom. The van der Waals surface area contributed by atoms with Crippen molar-refractivity contribution in [3.05, 3.63) is 17.5 Å². The fourth-order valence-electron chi connectivity index (χ4n) is 1.93. The van der Waals surface area contributed by atoms with E-state index in [0.29, 0.717) is 6.04 Å². The van der Waals surface area contributed by atoms with E-state index < -0.39 is 0 Å². The molecule has 1 aromatic rings. The Bertz CT molecular complexity index is 330. The largest absolute Gasteiger partial charge is 0.313 e. The van der Waals surface area contributed by atoms with Gasteiger partial charge in [0.25, 0.3) is 0 Å². The van der Waals surface area contributed by atoms with Gasteiger partial charge in [-0.3, -0.25) is 4.68 Å². The molecule has 1 aromatic heterocycles. The first-order valence-corrected chi connectivity index (χ1v) is 6.46. The molecule has 0 aliphatic heterocycles. The molecule has 0 atom stereocenters. The van der Waals surface area contributed by atoms with Gasteiger partial charge in [-0.15, -0.1) is 0 Å². The van der Waals surface area contributed by atoms with Gasteiger partial charge in [0, 0.05) is 44.5 Å². The zero-order chi connectivity index (χ0) is 12.8. The summed E-state index contributed by atoms with van der Waals surface area (Å²) in [5.74, 6) is 0. The molecule has 1 N–H and O–H groups in total. The minimum Gasteiger partial charge on any atom is -0.313 e. The monoisotopic (exact) mass is 238 g/mol. The van der Waals surface area contributed by atoms with E-state index in [2.05, 4.69) is 49.3 Å². The molecule has 0 fully saturated rings. The molecule has 17 heavy (non-hydrogen) atoms. The highest BCUT2D eigenvalue weighted by Gasteiger charge is 2.08. The van der Waals surface area contributed by atoms with Crippen molar-refractivity contribution in [2.24, 2.45) is 7.05 Å². The standard InChI is InChI=1S/C13H26N4/c1-6-13-12(10-17(5)15-13)9-16(4)8-7-14-11(2)3/h10-11,14H,6-9H2,1-5H3. The predicted molar refractivity (Wildman–Crippen MR) is 72.1 cm³/mol. The van der Waals surface area contributed by atoms with E-state index >= 15 is 0 Å². The summed E-state index contributed by atoms with van der Waals surface area (Å²) in [4.78, 5) is 2.34. The van der Waals surface area contributed by atoms with Gasteiger partial charge in [-0.25, -0.2) is 0 Å². The van der Waals surface area contributed by atoms with E-state index in [1.807, 2.05) is 11.7 Å². The molecule has 0 aliphatic carbocycles. The highest BCUT2D eigenvalue weighted by atomic mass is 15.3. The molecule has 0 amide bonds. The van der Waals surface area contributed by atoms with Crippen LogP contribution in [0, 0.1) is 0 Å². The lowest BCUT2D eigenvalue weighted by atomic mass is 10.2. The van der Waals surface area contributed by atoms with Gasteiger partial charge < -0.3 is 10.2 Å². The van der Waals surface area contributed by atoms with Crippen LogP contribution < -0.4 is 5.32 Å². The molecule has 4 heteroatoms. The van der Waals surface area contributed by atoms with Crippen molar-refractivity contribution in [1.29, 1.82) is 0 Å². The molecule has 0 saturated heterocycles. The molecule has 0 aromatic carbocycles. The lowest BCUT2D eigenvalue weighted by molar-refractivity contribution is 0.319. The van der Waals surface area contributed by atoms with E-state index in [9.17, 15) is 0 Å². The van der Waals surface area contributed by atoms with Crippen molar-refractivity contribution in [1.82, 2.24) is 20.0 Å². The van der Waals surface area contributed by atoms with Crippen LogP contribution in [0.15, 0.2) is 6.20 Å². The van der Waals surface area contributed by atoms with Gasteiger partial charge in [0.15, 0.2) is 0 Å². The molecular formula is C13H26N4. The molecule has 0 saturated carbocycles. The van der Waals surface area contributed by atoms with Crippen molar-refractivity contribution in [3.8, 4) is 0 Å². The molecule has 0 unspecified atom stereocenters. The normalized spacial score (nSPS) is 11.7. The summed E-state index contributed by atoms with van der Waals surface area (Å²) < 4.78 is 1.91. The summed E-state index contributed by atoms with van der Waals surface area (Å²) in [6, 6.07) is 0.563. The fourth-order valence-corrected chi connectivity index (χ4v) is 1.93. The molecule has 0 spiro atoms. The Kier molecular flexibility index (Phi) is 5.65. The second-order valence-electron chi connectivity index (χ2n) is 4.97. The summed E-state index contributed by atoms with van der Waals surface area (Å²) in [5.41, 5.74) is 2.57. The van der Waals surface area contributed by atoms with Crippen LogP contribution in [0.2, 0.25) is 0 Å². The number of hydrogen-bond donors (Lipinski definition) is 1. The Hall–Kier alpha value is -0.870. The Morgan fingerprint density at radius 1 is 1.47 bits per heavy atom. The maximum absolute atomic E-state index is 4.47. The second kappa shape index (κ2) is 6.77. The zero-order valence-corrected chi connectivity index (χ0v) is 11.8. The minimum absolute atomic E-state index is 0.563. The summed E-state index contributed by atoms with van der Waals surface area (Å²) in [6.45, 7) is 9.60. The highest BCUT2D eigenvalue weighted by molar-refractivity contribution is 5.16. The summed E-state index contributed by atoms with van der Waals surface area (Å²) >= 11 is 0. The van der Waals surface area contributed by atoms with Crippen LogP contribution in [0.3, 0.4) is 0 Å². The minimum atomic E-state index is 0.563. The van der Waals surface area contributed by atoms with Crippen LogP contribution in [0.4, 0.5) is 0 Å². The fraction of sp³-hybridized carbons (Fsp3) is 0.769. The number of aromatic nitrogens is 2. The third-order valence-corrected chi connectivity index (χ3v) is 2.81. The number of likely N-dealkylation sites (N-methyl/N-ethyl adjacent to an activating group) is 1. The SMILES string of the molecule is CCc1nn(C)cc1CN(C)CCNC(C)C. The van der Waals surface area contributed by atoms with Gasteiger partial charge in [0.1, 0.15) is 0 Å². The van der Waals surface area contributed by atoms with E-state index in [4.69, 9.17) is 0 Å². The van der Waals surface area contributed by atoms with Gasteiger partial charge in [-0.2, -0.15) is 5.10 Å². The number of nitrogens with zero attached hydrogens (tertiary/aromatic N) is 3. The van der Waals surface area contributed by atoms with Crippen LogP contribution in [-0.2, 0) is 20.0 Å². The highest BCUT2D eigenvalue weighted by Crippen LogP contribution is 2.09. The lowest BCUT2D eigenvalue weighted by Gasteiger charge is -2.17. The third-order valence-electron chi connectivity index (χ3n) is 2.81. The molecule has 1 heterocycles. The summed E-state index contributed by atoms with van der Waals surface area (Å²) in [6.07, 6.45) is 3.14. The van der Waals surface area contributed by atoms with Crippen molar-refractivity contribution < 1.29 is 0 Å². The van der Waals surface area contributed by atoms with Crippen LogP contribution in [0.1, 0.15) is 32.0 Å². The maximum Gasteiger partial charge on any atom is 0.0666 e. The van der Waals surface area contributed by atoms with E-state index in [-0.39, 0.29) is 0 Å². The van der Waals surface area contributed by atoms with Gasteiger partial charge >= 0.3 is 0 Å². The van der Waals surface area contributed by atoms with Crippen LogP contribution >= 0.6 is 0 Å². The van der Waals surface area contributed by atoms with E-state index in [1.165, 1.54) is 11.3 Å². The summed E-state index contributed by atoms with van der Waals surface area (Å²) in [5, 5.41) is 7.90. The predicted octanol–water partition coefficient (Wildman–Crippen LogP) is 1.41. The van der Waals surface area contributed by atoms with Gasteiger partial charge in [-0.1, -0.05) is 20.8 Å². The number of rotatable bonds is 7. The van der Waals surface area contributed by atoms with Crippen LogP contribution in [0.25, 0.3) is 0 Å². The van der Waals surface area contributed by atoms with Crippen molar-refractivity contribution in [2.75, 3.05) is 20.1 Å². The molecule has 4 nitrogen and oxygen atoms in total. The van der Waals surface area contributed by atoms with Crippen LogP contribution in [0.5, 0.6) is 0 Å². The Morgan fingerprint density at radius 2 is 2.18 bits per heavy atom. The van der Waals surface area contributed by atoms with E-state index in [0.717, 1.165) is 26.1 Å². The number of aryl methyl sites for hydroxylation is 2. The van der Waals surface area contributed by atoms with Crippen molar-refractivity contribution >= 4 is 0 Å². The maximum atomic E-state index is 4.47. The topological polar surface area (TPSA) is 33.1 Å². The van der Waals surface area contributed by atoms with Crippen molar-refractivity contribution in [2.45, 2.75) is 39.8 Å². The van der Waals surface area contributed by atoms with Gasteiger partial charge in [0.05, 0.1) is 5.69 Å². The number of nitrogens with one attached hydrogen (secondary N) is 1. The second-order valence-corrected chi connectivity index (χ2v) is 4.97. The first-order valence-electron chi connectivity index (χ1n) is 6.46. The molecule has 0 bridgehead atoms. The Labute approximate surface area is 105 Å². The lowest BCUT2D eigenvalue weighted by Crippen LogP contribution is -2.32. The molecule has 1 rings (SSSR count). The molecule has 0 aliphatic rings. The van der Waals surface area contributed by atoms with E-state index in [1.54, 1.807) is 0 Å². The average molecular weight is 238 g/mol. The molecule has 98 valence electrons. The van der Waals surface area contributed by atoms with Gasteiger partial charge in [-0.05, 0) is 13.5 Å². The zero-order valence-electron chi connectivity index (χ0n) is 11.8. The third kappa shape index (κ3) is 4.88. The Balaban J connectivity index is 2.41.